The second-order valence-corrected chi connectivity index (χ2v) is 5.75. The van der Waals surface area contributed by atoms with Crippen LogP contribution in [0.2, 0.25) is 5.02 Å². The van der Waals surface area contributed by atoms with Crippen LogP contribution < -0.4 is 9.47 Å². The van der Waals surface area contributed by atoms with Crippen molar-refractivity contribution >= 4 is 17.5 Å². The Hall–Kier alpha value is -2.24. The van der Waals surface area contributed by atoms with Gasteiger partial charge in [-0.3, -0.25) is 4.79 Å². The average molecular weight is 350 g/mol. The van der Waals surface area contributed by atoms with Gasteiger partial charge in [0.2, 0.25) is 0 Å². The number of aliphatic hydroxyl groups excluding tert-OH is 1. The van der Waals surface area contributed by atoms with Crippen molar-refractivity contribution < 1.29 is 19.4 Å². The first-order valence-corrected chi connectivity index (χ1v) is 7.81. The lowest BCUT2D eigenvalue weighted by Crippen LogP contribution is -2.34. The van der Waals surface area contributed by atoms with Crippen molar-refractivity contribution in [2.45, 2.75) is 6.10 Å². The lowest BCUT2D eigenvalue weighted by atomic mass is 10.1. The summed E-state index contributed by atoms with van der Waals surface area (Å²) in [4.78, 5) is 13.5. The Kier molecular flexibility index (Phi) is 6.46. The number of rotatable bonds is 7. The third kappa shape index (κ3) is 5.15. The molecule has 2 aromatic rings. The number of ether oxygens (including phenoxy) is 2. The highest BCUT2D eigenvalue weighted by Gasteiger charge is 2.16. The number of nitrogens with zero attached hydrogens (tertiary/aromatic N) is 1. The normalized spacial score (nSPS) is 11.7. The fourth-order valence-corrected chi connectivity index (χ4v) is 2.23. The van der Waals surface area contributed by atoms with Crippen molar-refractivity contribution in [3.05, 3.63) is 59.1 Å². The van der Waals surface area contributed by atoms with Crippen molar-refractivity contribution in [2.75, 3.05) is 27.3 Å². The molecule has 1 atom stereocenters. The van der Waals surface area contributed by atoms with Crippen LogP contribution in [0.15, 0.2) is 48.5 Å². The van der Waals surface area contributed by atoms with E-state index in [1.807, 2.05) is 0 Å². The highest BCUT2D eigenvalue weighted by molar-refractivity contribution is 6.30. The molecule has 1 amide bonds. The quantitative estimate of drug-likeness (QED) is 0.835. The van der Waals surface area contributed by atoms with Crippen LogP contribution >= 0.6 is 11.6 Å². The summed E-state index contributed by atoms with van der Waals surface area (Å²) < 4.78 is 10.5. The maximum Gasteiger partial charge on any atom is 0.260 e. The van der Waals surface area contributed by atoms with Crippen LogP contribution in [0.4, 0.5) is 0 Å². The van der Waals surface area contributed by atoms with Crippen LogP contribution in [0.5, 0.6) is 11.5 Å². The molecule has 24 heavy (non-hydrogen) atoms. The Balaban J connectivity index is 1.87. The van der Waals surface area contributed by atoms with Gasteiger partial charge < -0.3 is 19.5 Å². The molecule has 2 aromatic carbocycles. The topological polar surface area (TPSA) is 59.0 Å². The van der Waals surface area contributed by atoms with Gasteiger partial charge in [-0.25, -0.2) is 0 Å². The number of carbonyl (C=O) groups excluding carboxylic acids is 1. The van der Waals surface area contributed by atoms with Gasteiger partial charge in [-0.1, -0.05) is 23.7 Å². The number of carbonyl (C=O) groups is 1. The van der Waals surface area contributed by atoms with E-state index >= 15 is 0 Å². The molecule has 0 saturated heterocycles. The molecule has 0 aliphatic rings. The lowest BCUT2D eigenvalue weighted by molar-refractivity contribution is -0.133. The second kappa shape index (κ2) is 8.57. The van der Waals surface area contributed by atoms with Gasteiger partial charge in [0.15, 0.2) is 6.61 Å². The number of hydrogen-bond acceptors (Lipinski definition) is 4. The zero-order valence-electron chi connectivity index (χ0n) is 13.6. The molecule has 0 saturated carbocycles. The Morgan fingerprint density at radius 1 is 1.21 bits per heavy atom. The van der Waals surface area contributed by atoms with E-state index in [1.165, 1.54) is 4.90 Å². The summed E-state index contributed by atoms with van der Waals surface area (Å²) in [5.41, 5.74) is 0.688. The third-order valence-corrected chi connectivity index (χ3v) is 3.78. The third-order valence-electron chi connectivity index (χ3n) is 3.53. The molecule has 5 nitrogen and oxygen atoms in total. The average Bonchev–Trinajstić information content (AvgIpc) is 2.60. The number of amides is 1. The molecular weight excluding hydrogens is 330 g/mol. The summed E-state index contributed by atoms with van der Waals surface area (Å²) in [6, 6.07) is 13.9. The first-order chi connectivity index (χ1) is 11.5. The maximum atomic E-state index is 12.1. The second-order valence-electron chi connectivity index (χ2n) is 5.31. The minimum atomic E-state index is -0.801. The number of aliphatic hydroxyl groups is 1. The largest absolute Gasteiger partial charge is 0.497 e. The number of likely N-dealkylation sites (N-methyl/N-ethyl adjacent to an activating group) is 1. The Morgan fingerprint density at radius 2 is 1.92 bits per heavy atom. The van der Waals surface area contributed by atoms with Crippen LogP contribution in [0.25, 0.3) is 0 Å². The molecule has 0 aliphatic carbocycles. The smallest absolute Gasteiger partial charge is 0.260 e. The minimum absolute atomic E-state index is 0.108. The molecule has 0 aliphatic heterocycles. The fourth-order valence-electron chi connectivity index (χ4n) is 2.10. The van der Waals surface area contributed by atoms with Gasteiger partial charge in [0.25, 0.3) is 5.91 Å². The summed E-state index contributed by atoms with van der Waals surface area (Å²) in [5.74, 6) is 0.994. The minimum Gasteiger partial charge on any atom is -0.497 e. The highest BCUT2D eigenvalue weighted by atomic mass is 35.5. The van der Waals surface area contributed by atoms with Gasteiger partial charge in [0.1, 0.15) is 11.5 Å². The van der Waals surface area contributed by atoms with Crippen LogP contribution in [-0.2, 0) is 4.79 Å². The van der Waals surface area contributed by atoms with E-state index < -0.39 is 6.10 Å². The SMILES string of the molecule is COc1cccc(C(O)CN(C)C(=O)COc2ccc(Cl)cc2)c1. The molecule has 1 N–H and O–H groups in total. The molecule has 0 spiro atoms. The van der Waals surface area contributed by atoms with Crippen LogP contribution in [-0.4, -0.2) is 43.2 Å². The Labute approximate surface area is 146 Å². The molecule has 0 bridgehead atoms. The maximum absolute atomic E-state index is 12.1. The lowest BCUT2D eigenvalue weighted by Gasteiger charge is -2.21. The monoisotopic (exact) mass is 349 g/mol. The Bertz CT molecular complexity index is 675. The Morgan fingerprint density at radius 3 is 2.58 bits per heavy atom. The summed E-state index contributed by atoms with van der Waals surface area (Å²) in [6.07, 6.45) is -0.801. The summed E-state index contributed by atoms with van der Waals surface area (Å²) in [7, 11) is 3.19. The predicted octanol–water partition coefficient (Wildman–Crippen LogP) is 2.92. The molecule has 6 heteroatoms. The van der Waals surface area contributed by atoms with Crippen molar-refractivity contribution in [1.29, 1.82) is 0 Å². The van der Waals surface area contributed by atoms with Gasteiger partial charge in [-0.2, -0.15) is 0 Å². The molecular formula is C18H20ClNO4. The van der Waals surface area contributed by atoms with Gasteiger partial charge in [0.05, 0.1) is 19.8 Å². The van der Waals surface area contributed by atoms with Crippen molar-refractivity contribution in [3.63, 3.8) is 0 Å². The number of hydrogen-bond donors (Lipinski definition) is 1. The van der Waals surface area contributed by atoms with Gasteiger partial charge in [-0.05, 0) is 42.0 Å². The summed E-state index contributed by atoms with van der Waals surface area (Å²) >= 11 is 5.79. The zero-order valence-corrected chi connectivity index (χ0v) is 14.4. The van der Waals surface area contributed by atoms with E-state index in [-0.39, 0.29) is 19.1 Å². The van der Waals surface area contributed by atoms with Crippen LogP contribution in [0, 0.1) is 0 Å². The first kappa shape index (κ1) is 18.1. The van der Waals surface area contributed by atoms with Crippen molar-refractivity contribution in [3.8, 4) is 11.5 Å². The van der Waals surface area contributed by atoms with Crippen LogP contribution in [0.3, 0.4) is 0 Å². The standard InChI is InChI=1S/C18H20ClNO4/c1-20(11-17(21)13-4-3-5-16(10-13)23-2)18(22)12-24-15-8-6-14(19)7-9-15/h3-10,17,21H,11-12H2,1-2H3. The summed E-state index contributed by atoms with van der Waals surface area (Å²) in [6.45, 7) is 0.0545. The van der Waals surface area contributed by atoms with Crippen molar-refractivity contribution in [2.24, 2.45) is 0 Å². The summed E-state index contributed by atoms with van der Waals surface area (Å²) in [5, 5.41) is 10.9. The number of methoxy groups -OCH3 is 1. The molecule has 0 radical (unpaired) electrons. The molecule has 2 rings (SSSR count). The fraction of sp³-hybridized carbons (Fsp3) is 0.278. The van der Waals surface area contributed by atoms with E-state index in [4.69, 9.17) is 21.1 Å². The zero-order chi connectivity index (χ0) is 17.5. The number of benzene rings is 2. The molecule has 0 aromatic heterocycles. The molecule has 1 unspecified atom stereocenters. The van der Waals surface area contributed by atoms with E-state index in [9.17, 15) is 9.90 Å². The van der Waals surface area contributed by atoms with Gasteiger partial charge in [0, 0.05) is 12.1 Å². The molecule has 128 valence electrons. The molecule has 0 heterocycles. The highest BCUT2D eigenvalue weighted by Crippen LogP contribution is 2.20. The van der Waals surface area contributed by atoms with E-state index in [0.29, 0.717) is 22.1 Å². The predicted molar refractivity (Wildman–Crippen MR) is 92.5 cm³/mol. The first-order valence-electron chi connectivity index (χ1n) is 7.44. The van der Waals surface area contributed by atoms with Gasteiger partial charge in [-0.15, -0.1) is 0 Å². The van der Waals surface area contributed by atoms with Crippen LogP contribution in [0.1, 0.15) is 11.7 Å². The van der Waals surface area contributed by atoms with E-state index in [2.05, 4.69) is 0 Å². The van der Waals surface area contributed by atoms with Gasteiger partial charge >= 0.3 is 0 Å². The number of halogens is 1. The van der Waals surface area contributed by atoms with E-state index in [0.717, 1.165) is 0 Å². The molecule has 0 fully saturated rings. The van der Waals surface area contributed by atoms with E-state index in [1.54, 1.807) is 62.7 Å². The van der Waals surface area contributed by atoms with Crippen molar-refractivity contribution in [1.82, 2.24) is 4.90 Å².